The maximum absolute atomic E-state index is 9.26. The van der Waals surface area contributed by atoms with Crippen molar-refractivity contribution in [1.29, 1.82) is 0 Å². The van der Waals surface area contributed by atoms with Gasteiger partial charge >= 0.3 is 84.9 Å². The van der Waals surface area contributed by atoms with Gasteiger partial charge in [-0.2, -0.15) is 0 Å². The first-order chi connectivity index (χ1) is 4.74. The first-order valence-corrected chi connectivity index (χ1v) is 7.03. The van der Waals surface area contributed by atoms with Gasteiger partial charge < -0.3 is 0 Å². The molecule has 0 aliphatic heterocycles. The van der Waals surface area contributed by atoms with Crippen molar-refractivity contribution in [3.05, 3.63) is 25.3 Å². The topological polar surface area (TPSA) is 20.2 Å². The Balaban J connectivity index is 3.09. The molecule has 56 valence electrons. The zero-order valence-corrected chi connectivity index (χ0v) is 9.75. The Bertz CT molecular complexity index is 235. The number of aromatic hydroxyl groups is 1. The molecule has 0 aliphatic carbocycles. The molecule has 0 amide bonds. The molecule has 1 aromatic rings. The van der Waals surface area contributed by atoms with Crippen molar-refractivity contribution in [3.8, 4) is 5.75 Å². The number of benzene rings is 1. The van der Waals surface area contributed by atoms with Crippen molar-refractivity contribution in [2.45, 2.75) is 0 Å². The van der Waals surface area contributed by atoms with Gasteiger partial charge in [-0.3, -0.25) is 0 Å². The predicted octanol–water partition coefficient (Wildman–Crippen LogP) is -1.11. The van der Waals surface area contributed by atoms with Gasteiger partial charge in [0.1, 0.15) is 0 Å². The fourth-order valence-electron chi connectivity index (χ4n) is 0.633. The van der Waals surface area contributed by atoms with Crippen LogP contribution in [-0.4, -0.2) is 10.0 Å². The van der Waals surface area contributed by atoms with Crippen LogP contribution in [0, 0.1) is 7.14 Å². The van der Waals surface area contributed by atoms with Gasteiger partial charge in [0, 0.05) is 0 Å². The van der Waals surface area contributed by atoms with Crippen LogP contribution in [0.5, 0.6) is 5.75 Å². The van der Waals surface area contributed by atoms with E-state index >= 15 is 0 Å². The third kappa shape index (κ3) is 1.98. The SMILES string of the molecule is C[I-]c1cc(I)ccc1O. The molecular formula is C7H7I2O-. The van der Waals surface area contributed by atoms with Crippen molar-refractivity contribution < 1.29 is 26.3 Å². The van der Waals surface area contributed by atoms with Gasteiger partial charge in [-0.05, 0) is 0 Å². The molecule has 0 bridgehead atoms. The first-order valence-electron chi connectivity index (χ1n) is 2.72. The molecule has 1 nitrogen and oxygen atoms in total. The predicted molar refractivity (Wildman–Crippen MR) is 45.4 cm³/mol. The molecule has 3 heteroatoms. The number of rotatable bonds is 1. The fourth-order valence-corrected chi connectivity index (χ4v) is 3.10. The van der Waals surface area contributed by atoms with Gasteiger partial charge in [0.2, 0.25) is 0 Å². The molecule has 0 aliphatic rings. The van der Waals surface area contributed by atoms with Crippen LogP contribution in [0.15, 0.2) is 18.2 Å². The molecule has 10 heavy (non-hydrogen) atoms. The summed E-state index contributed by atoms with van der Waals surface area (Å²) < 4.78 is 2.33. The van der Waals surface area contributed by atoms with E-state index in [0.29, 0.717) is 5.75 Å². The summed E-state index contributed by atoms with van der Waals surface area (Å²) in [4.78, 5) is 2.14. The summed E-state index contributed by atoms with van der Waals surface area (Å²) in [6.45, 7) is 0. The van der Waals surface area contributed by atoms with Crippen molar-refractivity contribution >= 4 is 22.6 Å². The van der Waals surface area contributed by atoms with Gasteiger partial charge in [0.05, 0.1) is 0 Å². The van der Waals surface area contributed by atoms with Gasteiger partial charge in [0.25, 0.3) is 0 Å². The first kappa shape index (κ1) is 8.58. The van der Waals surface area contributed by atoms with Crippen molar-refractivity contribution in [2.75, 3.05) is 4.93 Å². The Kier molecular flexibility index (Phi) is 3.22. The summed E-state index contributed by atoms with van der Waals surface area (Å²) >= 11 is 2.27. The van der Waals surface area contributed by atoms with E-state index in [9.17, 15) is 5.11 Å². The molecule has 0 spiro atoms. The van der Waals surface area contributed by atoms with Crippen LogP contribution >= 0.6 is 22.6 Å². The van der Waals surface area contributed by atoms with Crippen molar-refractivity contribution in [3.63, 3.8) is 0 Å². The Morgan fingerprint density at radius 3 is 2.70 bits per heavy atom. The third-order valence-corrected chi connectivity index (χ3v) is 3.81. The van der Waals surface area contributed by atoms with E-state index in [4.69, 9.17) is 0 Å². The van der Waals surface area contributed by atoms with E-state index in [1.165, 1.54) is 3.57 Å². The zero-order valence-electron chi connectivity index (χ0n) is 5.44. The van der Waals surface area contributed by atoms with Gasteiger partial charge in [-0.1, -0.05) is 0 Å². The molecule has 1 N–H and O–H groups in total. The molecule has 0 radical (unpaired) electrons. The molecule has 0 saturated heterocycles. The van der Waals surface area contributed by atoms with E-state index in [1.807, 2.05) is 12.1 Å². The number of phenolic OH excluding ortho intramolecular Hbond substituents is 1. The van der Waals surface area contributed by atoms with Crippen LogP contribution in [0.4, 0.5) is 0 Å². The molecule has 0 saturated carbocycles. The van der Waals surface area contributed by atoms with Crippen LogP contribution in [0.3, 0.4) is 0 Å². The molecule has 0 unspecified atom stereocenters. The van der Waals surface area contributed by atoms with Crippen LogP contribution in [-0.2, 0) is 0 Å². The third-order valence-electron chi connectivity index (χ3n) is 1.11. The Morgan fingerprint density at radius 2 is 2.20 bits per heavy atom. The minimum atomic E-state index is 0.0161. The maximum atomic E-state index is 9.26. The Hall–Kier alpha value is 0.480. The molecule has 1 rings (SSSR count). The molecule has 0 fully saturated rings. The standard InChI is InChI=1S/C7H7I2O/c1-9-6-4-5(8)2-3-7(6)10/h2-4,10H,1H3/q-1. The van der Waals surface area contributed by atoms with Gasteiger partial charge in [-0.15, -0.1) is 0 Å². The number of phenols is 1. The van der Waals surface area contributed by atoms with E-state index in [0.717, 1.165) is 3.57 Å². The summed E-state index contributed by atoms with van der Waals surface area (Å²) in [7, 11) is 0. The van der Waals surface area contributed by atoms with Crippen molar-refractivity contribution in [2.24, 2.45) is 0 Å². The second kappa shape index (κ2) is 3.75. The minimum absolute atomic E-state index is 0.0161. The second-order valence-corrected chi connectivity index (χ2v) is 5.27. The van der Waals surface area contributed by atoms with E-state index in [2.05, 4.69) is 27.5 Å². The summed E-state index contributed by atoms with van der Waals surface area (Å²) in [5, 5.41) is 9.26. The average molecular weight is 361 g/mol. The summed E-state index contributed by atoms with van der Waals surface area (Å²) in [5.74, 6) is 0.454. The van der Waals surface area contributed by atoms with Gasteiger partial charge in [0.15, 0.2) is 0 Å². The van der Waals surface area contributed by atoms with E-state index < -0.39 is 0 Å². The second-order valence-electron chi connectivity index (χ2n) is 1.78. The van der Waals surface area contributed by atoms with E-state index in [1.54, 1.807) is 6.07 Å². The van der Waals surface area contributed by atoms with Crippen LogP contribution in [0.1, 0.15) is 0 Å². The number of hydrogen-bond donors (Lipinski definition) is 1. The normalized spacial score (nSPS) is 10.2. The van der Waals surface area contributed by atoms with Crippen LogP contribution < -0.4 is 21.2 Å². The zero-order chi connectivity index (χ0) is 7.56. The summed E-state index contributed by atoms with van der Waals surface area (Å²) in [6, 6.07) is 5.72. The monoisotopic (exact) mass is 361 g/mol. The number of alkyl halides is 1. The van der Waals surface area contributed by atoms with Crippen molar-refractivity contribution in [1.82, 2.24) is 0 Å². The van der Waals surface area contributed by atoms with Crippen LogP contribution in [0.2, 0.25) is 0 Å². The molecule has 0 atom stereocenters. The molecular weight excluding hydrogens is 354 g/mol. The Labute approximate surface area is 84.2 Å². The van der Waals surface area contributed by atoms with E-state index in [-0.39, 0.29) is 21.2 Å². The molecule has 0 heterocycles. The van der Waals surface area contributed by atoms with Crippen LogP contribution in [0.25, 0.3) is 0 Å². The number of halogens is 2. The summed E-state index contributed by atoms with van der Waals surface area (Å²) in [5.41, 5.74) is 0. The Morgan fingerprint density at radius 1 is 1.50 bits per heavy atom. The fraction of sp³-hybridized carbons (Fsp3) is 0.143. The number of hydrogen-bond acceptors (Lipinski definition) is 1. The summed E-state index contributed by atoms with van der Waals surface area (Å²) in [6.07, 6.45) is 0. The quantitative estimate of drug-likeness (QED) is 0.497. The van der Waals surface area contributed by atoms with Gasteiger partial charge in [-0.25, -0.2) is 0 Å². The molecule has 0 aromatic heterocycles. The average Bonchev–Trinajstić information content (AvgIpc) is 1.94. The molecule has 1 aromatic carbocycles.